The summed E-state index contributed by atoms with van der Waals surface area (Å²) in [6, 6.07) is 0. The largest absolute Gasteiger partial charge is 0.577 e. The molecule has 0 unspecified atom stereocenters. The highest BCUT2D eigenvalue weighted by Crippen LogP contribution is 1.95. The summed E-state index contributed by atoms with van der Waals surface area (Å²) in [5, 5.41) is 0. The van der Waals surface area contributed by atoms with Gasteiger partial charge in [-0.2, -0.15) is 0 Å². The van der Waals surface area contributed by atoms with Gasteiger partial charge in [0.1, 0.15) is 0 Å². The molecule has 0 aliphatic rings. The third kappa shape index (κ3) is 4.93. The summed E-state index contributed by atoms with van der Waals surface area (Å²) in [5.41, 5.74) is 0. The van der Waals surface area contributed by atoms with Crippen LogP contribution in [0, 0.1) is 0 Å². The normalized spacial score (nSPS) is 11.4. The van der Waals surface area contributed by atoms with Crippen molar-refractivity contribution in [1.29, 1.82) is 0 Å². The minimum Gasteiger partial charge on any atom is -0.375 e. The van der Waals surface area contributed by atoms with Crippen LogP contribution in [0.2, 0.25) is 0 Å². The molecule has 3 nitrogen and oxygen atoms in total. The van der Waals surface area contributed by atoms with Gasteiger partial charge < -0.3 is 13.3 Å². The summed E-state index contributed by atoms with van der Waals surface area (Å²) in [7, 11) is 0.169. The van der Waals surface area contributed by atoms with E-state index >= 15 is 0 Å². The van der Waals surface area contributed by atoms with E-state index in [0.29, 0.717) is 6.61 Å². The Labute approximate surface area is 64.3 Å². The van der Waals surface area contributed by atoms with Crippen LogP contribution in [0.3, 0.4) is 0 Å². The predicted molar refractivity (Wildman–Crippen MR) is 40.6 cm³/mol. The Kier molecular flexibility index (Phi) is 5.91. The van der Waals surface area contributed by atoms with Gasteiger partial charge in [-0.05, 0) is 20.8 Å². The molecule has 0 atom stereocenters. The fourth-order valence-electron chi connectivity index (χ4n) is 0.451. The second-order valence-corrected chi connectivity index (χ2v) is 3.49. The first kappa shape index (κ1) is 10.1. The monoisotopic (exact) mass is 163 g/mol. The van der Waals surface area contributed by atoms with Gasteiger partial charge in [0.2, 0.25) is 0 Å². The zero-order valence-corrected chi connectivity index (χ0v) is 8.01. The Hall–Kier alpha value is 0.0969. The molecule has 0 aromatic carbocycles. The summed E-state index contributed by atoms with van der Waals surface area (Å²) < 4.78 is 15.4. The lowest BCUT2D eigenvalue weighted by Gasteiger charge is -2.13. The van der Waals surface area contributed by atoms with Gasteiger partial charge in [0, 0.05) is 19.8 Å². The second-order valence-electron chi connectivity index (χ2n) is 2.05. The van der Waals surface area contributed by atoms with Gasteiger partial charge in [-0.25, -0.2) is 0 Å². The second kappa shape index (κ2) is 5.85. The number of hydrogen-bond donors (Lipinski definition) is 0. The Morgan fingerprint density at radius 1 is 1.40 bits per heavy atom. The van der Waals surface area contributed by atoms with Gasteiger partial charge in [0.25, 0.3) is 0 Å². The van der Waals surface area contributed by atoms with E-state index in [2.05, 4.69) is 0 Å². The summed E-state index contributed by atoms with van der Waals surface area (Å²) in [6.45, 7) is 6.49. The molecule has 0 aliphatic carbocycles. The molecule has 0 fully saturated rings. The van der Waals surface area contributed by atoms with Gasteiger partial charge in [-0.3, -0.25) is 0 Å². The minimum atomic E-state index is -1.43. The van der Waals surface area contributed by atoms with E-state index in [9.17, 15) is 0 Å². The molecular weight excluding hydrogens is 148 g/mol. The third-order valence-electron chi connectivity index (χ3n) is 0.761. The Morgan fingerprint density at radius 2 is 2.00 bits per heavy atom. The van der Waals surface area contributed by atoms with Crippen molar-refractivity contribution in [2.75, 3.05) is 13.7 Å². The lowest BCUT2D eigenvalue weighted by atomic mass is 10.5. The predicted octanol–water partition coefficient (Wildman–Crippen LogP) is 1.08. The average molecular weight is 163 g/mol. The first-order chi connectivity index (χ1) is 4.70. The summed E-state index contributed by atoms with van der Waals surface area (Å²) in [5.74, 6) is 0. The fraction of sp³-hybridized carbons (Fsp3) is 1.00. The van der Waals surface area contributed by atoms with Crippen LogP contribution in [0.15, 0.2) is 0 Å². The van der Waals surface area contributed by atoms with Crippen LogP contribution in [0.5, 0.6) is 0 Å². The van der Waals surface area contributed by atoms with Crippen LogP contribution in [0.1, 0.15) is 20.8 Å². The van der Waals surface area contributed by atoms with Crippen LogP contribution in [-0.2, 0) is 13.3 Å². The maximum Gasteiger partial charge on any atom is 0.577 e. The zero-order chi connectivity index (χ0) is 7.98. The van der Waals surface area contributed by atoms with Crippen molar-refractivity contribution in [3.8, 4) is 0 Å². The highest BCUT2D eigenvalue weighted by molar-refractivity contribution is 6.36. The maximum atomic E-state index is 5.30. The van der Waals surface area contributed by atoms with Crippen LogP contribution in [0.25, 0.3) is 0 Å². The Bertz CT molecular complexity index is 77.4. The fourth-order valence-corrected chi connectivity index (χ4v) is 1.35. The third-order valence-corrected chi connectivity index (χ3v) is 2.28. The molecule has 61 valence electrons. The lowest BCUT2D eigenvalue weighted by molar-refractivity contribution is 0.0898. The van der Waals surface area contributed by atoms with Crippen molar-refractivity contribution in [3.63, 3.8) is 0 Å². The molecular formula is C6H15O3Si. The molecule has 10 heavy (non-hydrogen) atoms. The van der Waals surface area contributed by atoms with E-state index < -0.39 is 9.53 Å². The van der Waals surface area contributed by atoms with Gasteiger partial charge in [-0.1, -0.05) is 0 Å². The molecule has 1 radical (unpaired) electrons. The van der Waals surface area contributed by atoms with Crippen molar-refractivity contribution in [2.45, 2.75) is 26.9 Å². The summed E-state index contributed by atoms with van der Waals surface area (Å²) in [6.07, 6.45) is 0.181. The molecule has 0 heterocycles. The highest BCUT2D eigenvalue weighted by Gasteiger charge is 2.17. The Balaban J connectivity index is 3.39. The molecule has 0 saturated carbocycles. The molecule has 0 amide bonds. The van der Waals surface area contributed by atoms with Crippen molar-refractivity contribution in [1.82, 2.24) is 0 Å². The van der Waals surface area contributed by atoms with Gasteiger partial charge in [0.05, 0.1) is 0 Å². The molecule has 4 heteroatoms. The van der Waals surface area contributed by atoms with Crippen molar-refractivity contribution in [3.05, 3.63) is 0 Å². The van der Waals surface area contributed by atoms with Crippen LogP contribution in [-0.4, -0.2) is 29.3 Å². The lowest BCUT2D eigenvalue weighted by Crippen LogP contribution is -2.28. The Morgan fingerprint density at radius 3 is 2.30 bits per heavy atom. The molecule has 0 spiro atoms. The number of rotatable bonds is 5. The molecule has 0 aromatic heterocycles. The number of hydrogen-bond acceptors (Lipinski definition) is 3. The van der Waals surface area contributed by atoms with Crippen molar-refractivity contribution >= 4 is 9.53 Å². The molecule has 0 saturated heterocycles. The standard InChI is InChI=1S/C6H15O3Si/c1-5-8-10(7-4)9-6(2)3/h6H,5H2,1-4H3. The van der Waals surface area contributed by atoms with E-state index in [4.69, 9.17) is 13.3 Å². The smallest absolute Gasteiger partial charge is 0.375 e. The van der Waals surface area contributed by atoms with Gasteiger partial charge in [-0.15, -0.1) is 0 Å². The first-order valence-electron chi connectivity index (χ1n) is 3.41. The van der Waals surface area contributed by atoms with Gasteiger partial charge >= 0.3 is 9.53 Å². The average Bonchev–Trinajstić information content (AvgIpc) is 1.86. The van der Waals surface area contributed by atoms with E-state index in [1.54, 1.807) is 7.11 Å². The molecule has 0 bridgehead atoms. The maximum absolute atomic E-state index is 5.30. The van der Waals surface area contributed by atoms with E-state index in [1.165, 1.54) is 0 Å². The van der Waals surface area contributed by atoms with E-state index in [1.807, 2.05) is 20.8 Å². The van der Waals surface area contributed by atoms with E-state index in [0.717, 1.165) is 0 Å². The molecule has 0 N–H and O–H groups in total. The van der Waals surface area contributed by atoms with Crippen LogP contribution >= 0.6 is 0 Å². The van der Waals surface area contributed by atoms with Crippen molar-refractivity contribution in [2.24, 2.45) is 0 Å². The summed E-state index contributed by atoms with van der Waals surface area (Å²) in [4.78, 5) is 0. The molecule has 0 rings (SSSR count). The van der Waals surface area contributed by atoms with Crippen LogP contribution < -0.4 is 0 Å². The summed E-state index contributed by atoms with van der Waals surface area (Å²) >= 11 is 0. The SMILES string of the molecule is CCO[Si](OC)OC(C)C. The molecule has 0 aliphatic heterocycles. The zero-order valence-electron chi connectivity index (χ0n) is 7.01. The topological polar surface area (TPSA) is 27.7 Å². The van der Waals surface area contributed by atoms with Gasteiger partial charge in [0.15, 0.2) is 0 Å². The minimum absolute atomic E-state index is 0.181. The van der Waals surface area contributed by atoms with E-state index in [-0.39, 0.29) is 6.10 Å². The molecule has 0 aromatic rings. The van der Waals surface area contributed by atoms with Crippen molar-refractivity contribution < 1.29 is 13.3 Å². The van der Waals surface area contributed by atoms with Crippen LogP contribution in [0.4, 0.5) is 0 Å². The highest BCUT2D eigenvalue weighted by atomic mass is 28.3. The quantitative estimate of drug-likeness (QED) is 0.568. The first-order valence-corrected chi connectivity index (χ1v) is 4.63.